The number of rotatable bonds is 8. The summed E-state index contributed by atoms with van der Waals surface area (Å²) in [6.07, 6.45) is -3.93. The number of nitrogens with one attached hydrogen (secondary N) is 2. The van der Waals surface area contributed by atoms with Crippen molar-refractivity contribution in [2.75, 3.05) is 13.6 Å². The Morgan fingerprint density at radius 3 is 2.50 bits per heavy atom. The van der Waals surface area contributed by atoms with Crippen LogP contribution in [0.25, 0.3) is 11.1 Å². The van der Waals surface area contributed by atoms with Crippen LogP contribution in [-0.4, -0.2) is 69.1 Å². The largest absolute Gasteiger partial charge is 0.408 e. The van der Waals surface area contributed by atoms with E-state index < -0.39 is 67.1 Å². The number of hydrogen-bond donors (Lipinski definition) is 2. The molecule has 3 aromatic rings. The molecule has 2 heterocycles. The zero-order valence-corrected chi connectivity index (χ0v) is 23.5. The number of halogens is 5. The van der Waals surface area contributed by atoms with Crippen molar-refractivity contribution in [2.24, 2.45) is 0 Å². The van der Waals surface area contributed by atoms with E-state index in [0.29, 0.717) is 20.9 Å². The molecule has 1 fully saturated rings. The zero-order chi connectivity index (χ0) is 32.0. The van der Waals surface area contributed by atoms with E-state index in [2.05, 4.69) is 15.7 Å². The Kier molecular flexibility index (Phi) is 7.90. The molecule has 15 heteroatoms. The van der Waals surface area contributed by atoms with Crippen LogP contribution < -0.4 is 10.6 Å². The first-order chi connectivity index (χ1) is 20.7. The molecule has 1 spiro atoms. The molecule has 5 rings (SSSR count). The number of nitrogens with zero attached hydrogens (tertiary/aromatic N) is 4. The molecular formula is C29H27F5N6O4. The lowest BCUT2D eigenvalue weighted by molar-refractivity contribution is -0.187. The Balaban J connectivity index is 1.39. The fourth-order valence-corrected chi connectivity index (χ4v) is 5.43. The maximum Gasteiger partial charge on any atom is 0.408 e. The molecule has 10 nitrogen and oxygen atoms in total. The molecule has 2 N–H and O–H groups in total. The second-order valence-electron chi connectivity index (χ2n) is 10.7. The molecule has 0 radical (unpaired) electrons. The van der Waals surface area contributed by atoms with Crippen molar-refractivity contribution in [1.29, 1.82) is 0 Å². The standard InChI is InChI=1S/C29H27F5N6O4/c1-16(29(32,33)34)39(12-17-3-6-20(30)7-4-17)25(42)15-40-26(43)28(37-27(40)44)10-23(31)21-9-18(5-8-22(21)28)19-11-36-38(13-19)14-24(41)35-2/h3-9,11,13,16,23H,10,12,14-15H2,1-2H3,(H,35,41)(H,37,44)/t16?,23-,28+/m1/s1. The van der Waals surface area contributed by atoms with Crippen molar-refractivity contribution in [1.82, 2.24) is 30.2 Å². The smallest absolute Gasteiger partial charge is 0.358 e. The number of urea groups is 1. The summed E-state index contributed by atoms with van der Waals surface area (Å²) in [5.41, 5.74) is -0.277. The van der Waals surface area contributed by atoms with Gasteiger partial charge >= 0.3 is 12.2 Å². The summed E-state index contributed by atoms with van der Waals surface area (Å²) >= 11 is 0. The lowest BCUT2D eigenvalue weighted by atomic mass is 9.90. The van der Waals surface area contributed by atoms with Crippen LogP contribution >= 0.6 is 0 Å². The number of benzene rings is 2. The van der Waals surface area contributed by atoms with Crippen LogP contribution in [0.3, 0.4) is 0 Å². The van der Waals surface area contributed by atoms with Gasteiger partial charge in [0.2, 0.25) is 11.8 Å². The molecule has 0 bridgehead atoms. The van der Waals surface area contributed by atoms with E-state index in [1.807, 2.05) is 0 Å². The Labute approximate surface area is 247 Å². The molecular weight excluding hydrogens is 591 g/mol. The number of aromatic nitrogens is 2. The first-order valence-corrected chi connectivity index (χ1v) is 13.5. The second-order valence-corrected chi connectivity index (χ2v) is 10.7. The molecule has 1 aromatic heterocycles. The molecule has 0 saturated carbocycles. The number of alkyl halides is 4. The third-order valence-electron chi connectivity index (χ3n) is 7.88. The van der Waals surface area contributed by atoms with Gasteiger partial charge in [0, 0.05) is 31.8 Å². The van der Waals surface area contributed by atoms with Crippen molar-refractivity contribution in [2.45, 2.75) is 50.4 Å². The van der Waals surface area contributed by atoms with Crippen molar-refractivity contribution < 1.29 is 41.1 Å². The van der Waals surface area contributed by atoms with Crippen molar-refractivity contribution in [3.05, 3.63) is 77.4 Å². The SMILES string of the molecule is CNC(=O)Cn1cc(-c2ccc3c(c2)[C@H](F)C[C@]32NC(=O)N(CC(=O)N(Cc3ccc(F)cc3)C(C)C(F)(F)F)C2=O)cn1. The second kappa shape index (κ2) is 11.4. The zero-order valence-electron chi connectivity index (χ0n) is 23.5. The van der Waals surface area contributed by atoms with E-state index in [1.165, 1.54) is 42.2 Å². The summed E-state index contributed by atoms with van der Waals surface area (Å²) < 4.78 is 71.2. The van der Waals surface area contributed by atoms with E-state index in [0.717, 1.165) is 19.1 Å². The van der Waals surface area contributed by atoms with Gasteiger partial charge < -0.3 is 15.5 Å². The predicted octanol–water partition coefficient (Wildman–Crippen LogP) is 3.58. The average molecular weight is 619 g/mol. The maximum absolute atomic E-state index is 15.4. The monoisotopic (exact) mass is 618 g/mol. The number of carbonyl (C=O) groups excluding carboxylic acids is 4. The summed E-state index contributed by atoms with van der Waals surface area (Å²) in [5.74, 6) is -3.04. The van der Waals surface area contributed by atoms with Crippen molar-refractivity contribution in [3.63, 3.8) is 0 Å². The number of amides is 5. The van der Waals surface area contributed by atoms with Gasteiger partial charge in [0.25, 0.3) is 5.91 Å². The minimum atomic E-state index is -4.84. The van der Waals surface area contributed by atoms with Gasteiger partial charge in [-0.05, 0) is 47.4 Å². The van der Waals surface area contributed by atoms with Gasteiger partial charge in [-0.1, -0.05) is 24.3 Å². The lowest BCUT2D eigenvalue weighted by Gasteiger charge is -2.32. The van der Waals surface area contributed by atoms with Crippen LogP contribution in [0.5, 0.6) is 0 Å². The van der Waals surface area contributed by atoms with E-state index in [9.17, 15) is 36.7 Å². The Hall–Kier alpha value is -4.82. The minimum Gasteiger partial charge on any atom is -0.358 e. The fraction of sp³-hybridized carbons (Fsp3) is 0.345. The minimum absolute atomic E-state index is 0.0333. The summed E-state index contributed by atoms with van der Waals surface area (Å²) in [5, 5.41) is 9.06. The van der Waals surface area contributed by atoms with Gasteiger partial charge in [-0.15, -0.1) is 0 Å². The highest BCUT2D eigenvalue weighted by atomic mass is 19.4. The number of hydrogen-bond acceptors (Lipinski definition) is 5. The van der Waals surface area contributed by atoms with Gasteiger partial charge in [0.15, 0.2) is 0 Å². The Morgan fingerprint density at radius 1 is 1.14 bits per heavy atom. The number of fused-ring (bicyclic) bond motifs is 2. The van der Waals surface area contributed by atoms with Gasteiger partial charge in [-0.3, -0.25) is 24.0 Å². The highest BCUT2D eigenvalue weighted by Crippen LogP contribution is 2.49. The molecule has 2 aliphatic rings. The first kappa shape index (κ1) is 30.6. The van der Waals surface area contributed by atoms with Gasteiger partial charge in [-0.25, -0.2) is 13.6 Å². The van der Waals surface area contributed by atoms with Crippen LogP contribution in [0.2, 0.25) is 0 Å². The first-order valence-electron chi connectivity index (χ1n) is 13.5. The van der Waals surface area contributed by atoms with Crippen molar-refractivity contribution >= 4 is 23.8 Å². The molecule has 1 saturated heterocycles. The quantitative estimate of drug-likeness (QED) is 0.296. The summed E-state index contributed by atoms with van der Waals surface area (Å²) in [6, 6.07) is 5.71. The van der Waals surface area contributed by atoms with Gasteiger partial charge in [-0.2, -0.15) is 18.3 Å². The van der Waals surface area contributed by atoms with Crippen LogP contribution in [0.15, 0.2) is 54.9 Å². The summed E-state index contributed by atoms with van der Waals surface area (Å²) in [7, 11) is 1.48. The Morgan fingerprint density at radius 2 is 1.84 bits per heavy atom. The van der Waals surface area contributed by atoms with Gasteiger partial charge in [0.1, 0.15) is 36.7 Å². The fourth-order valence-electron chi connectivity index (χ4n) is 5.43. The number of likely N-dealkylation sites (N-methyl/N-ethyl adjacent to an activating group) is 1. The molecule has 1 aliphatic carbocycles. The number of imide groups is 1. The van der Waals surface area contributed by atoms with Crippen molar-refractivity contribution in [3.8, 4) is 11.1 Å². The van der Waals surface area contributed by atoms with E-state index in [-0.39, 0.29) is 29.1 Å². The highest BCUT2D eigenvalue weighted by molar-refractivity contribution is 6.10. The van der Waals surface area contributed by atoms with E-state index in [1.54, 1.807) is 12.3 Å². The van der Waals surface area contributed by atoms with Crippen LogP contribution in [0, 0.1) is 5.82 Å². The highest BCUT2D eigenvalue weighted by Gasteiger charge is 2.59. The van der Waals surface area contributed by atoms with E-state index in [4.69, 9.17) is 0 Å². The maximum atomic E-state index is 15.4. The average Bonchev–Trinajstić information content (AvgIpc) is 3.62. The third-order valence-corrected chi connectivity index (χ3v) is 7.88. The molecule has 44 heavy (non-hydrogen) atoms. The van der Waals surface area contributed by atoms with E-state index >= 15 is 4.39 Å². The summed E-state index contributed by atoms with van der Waals surface area (Å²) in [4.78, 5) is 52.4. The normalized spacial score (nSPS) is 20.1. The third kappa shape index (κ3) is 5.61. The predicted molar refractivity (Wildman–Crippen MR) is 145 cm³/mol. The lowest BCUT2D eigenvalue weighted by Crippen LogP contribution is -2.51. The molecule has 1 aliphatic heterocycles. The topological polar surface area (TPSA) is 117 Å². The summed E-state index contributed by atoms with van der Waals surface area (Å²) in [6.45, 7) is -0.862. The van der Waals surface area contributed by atoms with Crippen LogP contribution in [0.1, 0.15) is 36.2 Å². The molecule has 3 atom stereocenters. The number of carbonyl (C=O) groups is 4. The van der Waals surface area contributed by atoms with Gasteiger partial charge in [0.05, 0.1) is 6.20 Å². The van der Waals surface area contributed by atoms with Crippen LogP contribution in [0.4, 0.5) is 26.7 Å². The Bertz CT molecular complexity index is 1620. The van der Waals surface area contributed by atoms with Crippen LogP contribution in [-0.2, 0) is 33.0 Å². The molecule has 1 unspecified atom stereocenters. The molecule has 5 amide bonds. The molecule has 232 valence electrons. The molecule has 2 aromatic carbocycles.